The maximum absolute atomic E-state index is 11.6. The average Bonchev–Trinajstić information content (AvgIpc) is 2.97. The highest BCUT2D eigenvalue weighted by molar-refractivity contribution is 5.55. The lowest BCUT2D eigenvalue weighted by molar-refractivity contribution is 0.772. The molecule has 1 aliphatic rings. The first-order valence-electron chi connectivity index (χ1n) is 5.58. The lowest BCUT2D eigenvalue weighted by atomic mass is 10.3. The molecule has 17 heavy (non-hydrogen) atoms. The lowest BCUT2D eigenvalue weighted by Gasteiger charge is -2.05. The van der Waals surface area contributed by atoms with Gasteiger partial charge in [-0.15, -0.1) is 0 Å². The Bertz CT molecular complexity index is 596. The van der Waals surface area contributed by atoms with Crippen molar-refractivity contribution < 1.29 is 0 Å². The monoisotopic (exact) mass is 231 g/mol. The second kappa shape index (κ2) is 3.73. The van der Waals surface area contributed by atoms with E-state index >= 15 is 0 Å². The van der Waals surface area contributed by atoms with Gasteiger partial charge >= 0.3 is 0 Å². The number of nitrogens with one attached hydrogen (secondary N) is 2. The fourth-order valence-corrected chi connectivity index (χ4v) is 1.70. The third kappa shape index (κ3) is 2.06. The maximum Gasteiger partial charge on any atom is 0.252 e. The van der Waals surface area contributed by atoms with Crippen molar-refractivity contribution in [1.82, 2.24) is 19.7 Å². The molecular formula is C11H13N5O. The Balaban J connectivity index is 2.01. The Hall–Kier alpha value is -2.11. The van der Waals surface area contributed by atoms with Crippen LogP contribution in [0.15, 0.2) is 23.1 Å². The largest absolute Gasteiger partial charge is 0.353 e. The summed E-state index contributed by atoms with van der Waals surface area (Å²) in [5.74, 6) is 0.538. The van der Waals surface area contributed by atoms with Gasteiger partial charge in [-0.3, -0.25) is 14.5 Å². The second-order valence-electron chi connectivity index (χ2n) is 4.24. The molecule has 3 rings (SSSR count). The van der Waals surface area contributed by atoms with Crippen molar-refractivity contribution in [3.05, 3.63) is 28.7 Å². The van der Waals surface area contributed by atoms with Crippen LogP contribution in [0.4, 0.5) is 5.95 Å². The van der Waals surface area contributed by atoms with Crippen LogP contribution in [0.2, 0.25) is 0 Å². The van der Waals surface area contributed by atoms with Gasteiger partial charge in [0.2, 0.25) is 5.95 Å². The average molecular weight is 231 g/mol. The van der Waals surface area contributed by atoms with E-state index in [1.165, 1.54) is 6.07 Å². The Morgan fingerprint density at radius 1 is 1.53 bits per heavy atom. The Labute approximate surface area is 97.7 Å². The van der Waals surface area contributed by atoms with Gasteiger partial charge in [0.05, 0.1) is 11.4 Å². The summed E-state index contributed by atoms with van der Waals surface area (Å²) in [6, 6.07) is 3.78. The summed E-state index contributed by atoms with van der Waals surface area (Å²) in [4.78, 5) is 18.6. The van der Waals surface area contributed by atoms with Gasteiger partial charge in [0.1, 0.15) is 0 Å². The molecule has 1 aliphatic carbocycles. The van der Waals surface area contributed by atoms with Crippen LogP contribution in [0.5, 0.6) is 0 Å². The molecule has 2 aromatic rings. The molecule has 0 aliphatic heterocycles. The van der Waals surface area contributed by atoms with Crippen LogP contribution in [0.3, 0.4) is 0 Å². The summed E-state index contributed by atoms with van der Waals surface area (Å²) >= 11 is 0. The Morgan fingerprint density at radius 2 is 2.35 bits per heavy atom. The number of nitrogens with zero attached hydrogens (tertiary/aromatic N) is 3. The van der Waals surface area contributed by atoms with E-state index in [1.54, 1.807) is 10.9 Å². The first-order chi connectivity index (χ1) is 8.22. The predicted molar refractivity (Wildman–Crippen MR) is 63.7 cm³/mol. The molecule has 6 nitrogen and oxygen atoms in total. The molecule has 0 radical (unpaired) electrons. The molecule has 2 heterocycles. The normalized spacial score (nSPS) is 14.9. The fourth-order valence-electron chi connectivity index (χ4n) is 1.70. The van der Waals surface area contributed by atoms with Crippen LogP contribution in [-0.2, 0) is 7.05 Å². The van der Waals surface area contributed by atoms with Crippen LogP contribution in [-0.4, -0.2) is 25.8 Å². The zero-order valence-electron chi connectivity index (χ0n) is 9.47. The molecule has 6 heteroatoms. The first kappa shape index (κ1) is 10.1. The van der Waals surface area contributed by atoms with E-state index in [-0.39, 0.29) is 5.56 Å². The minimum absolute atomic E-state index is 0.153. The van der Waals surface area contributed by atoms with E-state index in [9.17, 15) is 4.79 Å². The molecule has 2 N–H and O–H groups in total. The van der Waals surface area contributed by atoms with Crippen molar-refractivity contribution in [2.45, 2.75) is 18.9 Å². The smallest absolute Gasteiger partial charge is 0.252 e. The fraction of sp³-hybridized carbons (Fsp3) is 0.364. The number of aromatic amines is 1. The molecule has 0 spiro atoms. The third-order valence-corrected chi connectivity index (χ3v) is 2.74. The van der Waals surface area contributed by atoms with Crippen molar-refractivity contribution in [2.24, 2.45) is 7.05 Å². The van der Waals surface area contributed by atoms with Crippen molar-refractivity contribution in [2.75, 3.05) is 5.32 Å². The van der Waals surface area contributed by atoms with E-state index in [0.717, 1.165) is 18.5 Å². The van der Waals surface area contributed by atoms with E-state index in [0.29, 0.717) is 17.7 Å². The van der Waals surface area contributed by atoms with E-state index < -0.39 is 0 Å². The molecule has 0 amide bonds. The number of hydrogen-bond donors (Lipinski definition) is 2. The van der Waals surface area contributed by atoms with Gasteiger partial charge < -0.3 is 5.32 Å². The van der Waals surface area contributed by atoms with Crippen LogP contribution >= 0.6 is 0 Å². The highest BCUT2D eigenvalue weighted by atomic mass is 16.1. The summed E-state index contributed by atoms with van der Waals surface area (Å²) in [5.41, 5.74) is 1.31. The molecule has 1 saturated carbocycles. The van der Waals surface area contributed by atoms with Crippen molar-refractivity contribution in [3.63, 3.8) is 0 Å². The first-order valence-corrected chi connectivity index (χ1v) is 5.58. The summed E-state index contributed by atoms with van der Waals surface area (Å²) in [5, 5.41) is 7.25. The SMILES string of the molecule is Cn1nccc1-c1cc(=O)[nH]c(NC2CC2)n1. The van der Waals surface area contributed by atoms with Gasteiger partial charge in [-0.05, 0) is 18.9 Å². The lowest BCUT2D eigenvalue weighted by Crippen LogP contribution is -2.14. The number of rotatable bonds is 3. The van der Waals surface area contributed by atoms with Crippen LogP contribution in [0.1, 0.15) is 12.8 Å². The predicted octanol–water partition coefficient (Wildman–Crippen LogP) is 0.745. The molecular weight excluding hydrogens is 218 g/mol. The third-order valence-electron chi connectivity index (χ3n) is 2.74. The molecule has 0 bridgehead atoms. The summed E-state index contributed by atoms with van der Waals surface area (Å²) in [7, 11) is 1.83. The molecule has 0 saturated heterocycles. The van der Waals surface area contributed by atoms with Gasteiger partial charge in [-0.1, -0.05) is 0 Å². The minimum Gasteiger partial charge on any atom is -0.353 e. The number of aryl methyl sites for hydroxylation is 1. The molecule has 0 aromatic carbocycles. The van der Waals surface area contributed by atoms with Crippen LogP contribution in [0.25, 0.3) is 11.4 Å². The van der Waals surface area contributed by atoms with Crippen molar-refractivity contribution in [3.8, 4) is 11.4 Å². The Morgan fingerprint density at radius 3 is 3.00 bits per heavy atom. The van der Waals surface area contributed by atoms with Gasteiger partial charge in [0, 0.05) is 25.4 Å². The highest BCUT2D eigenvalue weighted by Crippen LogP contribution is 2.23. The zero-order chi connectivity index (χ0) is 11.8. The highest BCUT2D eigenvalue weighted by Gasteiger charge is 2.22. The summed E-state index contributed by atoms with van der Waals surface area (Å²) in [6.07, 6.45) is 3.96. The minimum atomic E-state index is -0.153. The number of anilines is 1. The molecule has 1 fully saturated rings. The van der Waals surface area contributed by atoms with E-state index in [2.05, 4.69) is 20.4 Å². The van der Waals surface area contributed by atoms with Crippen LogP contribution < -0.4 is 10.9 Å². The Kier molecular flexibility index (Phi) is 2.21. The number of hydrogen-bond acceptors (Lipinski definition) is 4. The topological polar surface area (TPSA) is 75.6 Å². The number of H-pyrrole nitrogens is 1. The van der Waals surface area contributed by atoms with Crippen LogP contribution in [0, 0.1) is 0 Å². The molecule has 0 atom stereocenters. The van der Waals surface area contributed by atoms with Gasteiger partial charge in [-0.25, -0.2) is 4.98 Å². The van der Waals surface area contributed by atoms with Crippen molar-refractivity contribution >= 4 is 5.95 Å². The number of aromatic nitrogens is 4. The van der Waals surface area contributed by atoms with E-state index in [1.807, 2.05) is 13.1 Å². The molecule has 0 unspecified atom stereocenters. The van der Waals surface area contributed by atoms with Gasteiger partial charge in [-0.2, -0.15) is 5.10 Å². The summed E-state index contributed by atoms with van der Waals surface area (Å²) < 4.78 is 1.70. The quantitative estimate of drug-likeness (QED) is 0.817. The van der Waals surface area contributed by atoms with Gasteiger partial charge in [0.15, 0.2) is 0 Å². The maximum atomic E-state index is 11.6. The van der Waals surface area contributed by atoms with Gasteiger partial charge in [0.25, 0.3) is 5.56 Å². The van der Waals surface area contributed by atoms with Crippen molar-refractivity contribution in [1.29, 1.82) is 0 Å². The zero-order valence-corrected chi connectivity index (χ0v) is 9.47. The molecule has 2 aromatic heterocycles. The molecule has 88 valence electrons. The van der Waals surface area contributed by atoms with E-state index in [4.69, 9.17) is 0 Å². The second-order valence-corrected chi connectivity index (χ2v) is 4.24. The summed E-state index contributed by atoms with van der Waals surface area (Å²) in [6.45, 7) is 0. The standard InChI is InChI=1S/C11H13N5O/c1-16-9(4-5-12-16)8-6-10(17)15-11(14-8)13-7-2-3-7/h4-7H,2-3H2,1H3,(H2,13,14,15,17).